The van der Waals surface area contributed by atoms with E-state index < -0.39 is 4.92 Å². The molecule has 1 aromatic carbocycles. The summed E-state index contributed by atoms with van der Waals surface area (Å²) in [6.45, 7) is 0. The van der Waals surface area contributed by atoms with Crippen molar-refractivity contribution in [2.75, 3.05) is 0 Å². The van der Waals surface area contributed by atoms with Gasteiger partial charge in [-0.05, 0) is 24.3 Å². The Morgan fingerprint density at radius 1 is 1.21 bits per heavy atom. The van der Waals surface area contributed by atoms with E-state index in [4.69, 9.17) is 11.6 Å². The van der Waals surface area contributed by atoms with Crippen LogP contribution in [0.1, 0.15) is 11.3 Å². The molecule has 6 heteroatoms. The average Bonchev–Trinajstić information content (AvgIpc) is 2.40. The third-order valence-corrected chi connectivity index (χ3v) is 2.63. The third kappa shape index (κ3) is 3.77. The molecule has 0 saturated heterocycles. The second-order valence-corrected chi connectivity index (χ2v) is 3.93. The van der Waals surface area contributed by atoms with E-state index in [0.29, 0.717) is 16.3 Å². The van der Waals surface area contributed by atoms with Gasteiger partial charge in [-0.2, -0.15) is 0 Å². The van der Waals surface area contributed by atoms with Crippen molar-refractivity contribution in [2.45, 2.75) is 0 Å². The third-order valence-electron chi connectivity index (χ3n) is 2.33. The Morgan fingerprint density at radius 3 is 2.53 bits per heavy atom. The fourth-order valence-corrected chi connectivity index (χ4v) is 1.72. The van der Waals surface area contributed by atoms with E-state index in [9.17, 15) is 10.1 Å². The minimum Gasteiger partial charge on any atom is -0.258 e. The van der Waals surface area contributed by atoms with Crippen molar-refractivity contribution < 1.29 is 4.92 Å². The van der Waals surface area contributed by atoms with Gasteiger partial charge in [0.15, 0.2) is 0 Å². The van der Waals surface area contributed by atoms with Crippen LogP contribution in [-0.2, 0) is 0 Å². The van der Waals surface area contributed by atoms with Gasteiger partial charge < -0.3 is 0 Å². The molecule has 1 aromatic heterocycles. The van der Waals surface area contributed by atoms with Gasteiger partial charge in [-0.3, -0.25) is 15.1 Å². The highest BCUT2D eigenvalue weighted by Gasteiger charge is 2.11. The summed E-state index contributed by atoms with van der Waals surface area (Å²) in [6.07, 6.45) is 3.16. The van der Waals surface area contributed by atoms with E-state index in [2.05, 4.69) is 4.98 Å². The molecule has 0 bridgehead atoms. The molecular weight excluding hydrogens is 287 g/mol. The summed E-state index contributed by atoms with van der Waals surface area (Å²) in [6, 6.07) is 11.7. The molecule has 19 heavy (non-hydrogen) atoms. The number of para-hydroxylation sites is 1. The zero-order valence-corrected chi connectivity index (χ0v) is 11.3. The highest BCUT2D eigenvalue weighted by atomic mass is 35.5. The predicted octanol–water partition coefficient (Wildman–Crippen LogP) is 4.15. The molecule has 2 rings (SSSR count). The maximum absolute atomic E-state index is 10.9. The quantitative estimate of drug-likeness (QED) is 0.631. The zero-order chi connectivity index (χ0) is 13.0. The van der Waals surface area contributed by atoms with Crippen LogP contribution in [0.3, 0.4) is 0 Å². The SMILES string of the molecule is Cl.O=[N+]([O-])c1ccccc1/C=C(/Cl)c1ccccn1. The Labute approximate surface area is 121 Å². The van der Waals surface area contributed by atoms with E-state index in [-0.39, 0.29) is 18.1 Å². The van der Waals surface area contributed by atoms with Crippen LogP contribution in [0.4, 0.5) is 5.69 Å². The lowest BCUT2D eigenvalue weighted by atomic mass is 10.1. The van der Waals surface area contributed by atoms with Gasteiger partial charge in [-0.1, -0.05) is 29.8 Å². The van der Waals surface area contributed by atoms with Gasteiger partial charge >= 0.3 is 0 Å². The summed E-state index contributed by atoms with van der Waals surface area (Å²) in [5.41, 5.74) is 1.06. The highest BCUT2D eigenvalue weighted by molar-refractivity contribution is 6.51. The second kappa shape index (κ2) is 6.87. The Hall–Kier alpha value is -1.91. The highest BCUT2D eigenvalue weighted by Crippen LogP contribution is 2.25. The first-order valence-corrected chi connectivity index (χ1v) is 5.58. The average molecular weight is 297 g/mol. The molecule has 0 aliphatic carbocycles. The number of benzene rings is 1. The van der Waals surface area contributed by atoms with Gasteiger partial charge in [0.1, 0.15) is 0 Å². The molecule has 0 aliphatic rings. The Morgan fingerprint density at radius 2 is 1.89 bits per heavy atom. The molecule has 2 aromatic rings. The van der Waals surface area contributed by atoms with Crippen molar-refractivity contribution in [1.82, 2.24) is 4.98 Å². The first-order chi connectivity index (χ1) is 8.68. The van der Waals surface area contributed by atoms with E-state index in [1.165, 1.54) is 6.07 Å². The van der Waals surface area contributed by atoms with Crippen molar-refractivity contribution in [3.05, 3.63) is 70.0 Å². The van der Waals surface area contributed by atoms with Crippen LogP contribution in [0.15, 0.2) is 48.7 Å². The molecule has 0 aliphatic heterocycles. The zero-order valence-electron chi connectivity index (χ0n) is 9.69. The number of halogens is 2. The minimum absolute atomic E-state index is 0. The van der Waals surface area contributed by atoms with Crippen LogP contribution < -0.4 is 0 Å². The first kappa shape index (κ1) is 15.1. The molecule has 98 valence electrons. The van der Waals surface area contributed by atoms with Gasteiger partial charge in [-0.25, -0.2) is 0 Å². The number of nitro benzene ring substituents is 1. The summed E-state index contributed by atoms with van der Waals surface area (Å²) in [5.74, 6) is 0. The molecule has 0 spiro atoms. The summed E-state index contributed by atoms with van der Waals surface area (Å²) >= 11 is 6.09. The number of hydrogen-bond donors (Lipinski definition) is 0. The van der Waals surface area contributed by atoms with Gasteiger partial charge in [0.2, 0.25) is 0 Å². The van der Waals surface area contributed by atoms with Crippen LogP contribution in [0.25, 0.3) is 11.1 Å². The molecule has 0 atom stereocenters. The Kier molecular flexibility index (Phi) is 5.48. The topological polar surface area (TPSA) is 56.0 Å². The van der Waals surface area contributed by atoms with Crippen LogP contribution in [0.2, 0.25) is 0 Å². The normalized spacial score (nSPS) is 10.7. The van der Waals surface area contributed by atoms with E-state index in [0.717, 1.165) is 0 Å². The number of nitrogens with zero attached hydrogens (tertiary/aromatic N) is 2. The van der Waals surface area contributed by atoms with Crippen molar-refractivity contribution in [3.8, 4) is 0 Å². The molecular formula is C13H10Cl2N2O2. The van der Waals surface area contributed by atoms with E-state index >= 15 is 0 Å². The summed E-state index contributed by atoms with van der Waals surface area (Å²) in [7, 11) is 0. The van der Waals surface area contributed by atoms with Gasteiger partial charge in [-0.15, -0.1) is 12.4 Å². The second-order valence-electron chi connectivity index (χ2n) is 3.52. The summed E-state index contributed by atoms with van der Waals surface area (Å²) < 4.78 is 0. The lowest BCUT2D eigenvalue weighted by molar-refractivity contribution is -0.385. The number of pyridine rings is 1. The lowest BCUT2D eigenvalue weighted by Crippen LogP contribution is -1.91. The number of aromatic nitrogens is 1. The maximum Gasteiger partial charge on any atom is 0.276 e. The van der Waals surface area contributed by atoms with E-state index in [1.54, 1.807) is 48.7 Å². The van der Waals surface area contributed by atoms with Crippen molar-refractivity contribution >= 4 is 40.8 Å². The van der Waals surface area contributed by atoms with E-state index in [1.807, 2.05) is 0 Å². The van der Waals surface area contributed by atoms with Crippen LogP contribution >= 0.6 is 24.0 Å². The minimum atomic E-state index is -0.436. The molecule has 0 saturated carbocycles. The summed E-state index contributed by atoms with van der Waals surface area (Å²) in [4.78, 5) is 14.5. The number of rotatable bonds is 3. The fraction of sp³-hybridized carbons (Fsp3) is 0. The van der Waals surface area contributed by atoms with Crippen LogP contribution in [0.5, 0.6) is 0 Å². The molecule has 0 unspecified atom stereocenters. The van der Waals surface area contributed by atoms with Crippen molar-refractivity contribution in [1.29, 1.82) is 0 Å². The van der Waals surface area contributed by atoms with Gasteiger partial charge in [0.05, 0.1) is 21.2 Å². The van der Waals surface area contributed by atoms with Crippen LogP contribution in [-0.4, -0.2) is 9.91 Å². The standard InChI is InChI=1S/C13H9ClN2O2.ClH/c14-11(12-6-3-4-8-15-12)9-10-5-1-2-7-13(10)16(17)18;/h1-9H;1H/b11-9+;. The Bertz CT molecular complexity index is 601. The van der Waals surface area contributed by atoms with Gasteiger partial charge in [0.25, 0.3) is 5.69 Å². The molecule has 0 radical (unpaired) electrons. The first-order valence-electron chi connectivity index (χ1n) is 5.20. The molecule has 0 amide bonds. The fourth-order valence-electron chi connectivity index (χ4n) is 1.49. The van der Waals surface area contributed by atoms with Crippen molar-refractivity contribution in [2.24, 2.45) is 0 Å². The predicted molar refractivity (Wildman–Crippen MR) is 78.3 cm³/mol. The summed E-state index contributed by atoms with van der Waals surface area (Å²) in [5, 5.41) is 11.2. The molecule has 0 fully saturated rings. The van der Waals surface area contributed by atoms with Crippen LogP contribution in [0, 0.1) is 10.1 Å². The number of hydrogen-bond acceptors (Lipinski definition) is 3. The smallest absolute Gasteiger partial charge is 0.258 e. The largest absolute Gasteiger partial charge is 0.276 e. The Balaban J connectivity index is 0.00000180. The molecule has 4 nitrogen and oxygen atoms in total. The number of nitro groups is 1. The molecule has 1 heterocycles. The van der Waals surface area contributed by atoms with Gasteiger partial charge in [0, 0.05) is 12.3 Å². The lowest BCUT2D eigenvalue weighted by Gasteiger charge is -1.99. The molecule has 0 N–H and O–H groups in total. The maximum atomic E-state index is 10.9. The van der Waals surface area contributed by atoms with Crippen molar-refractivity contribution in [3.63, 3.8) is 0 Å². The monoisotopic (exact) mass is 296 g/mol.